The molecule has 1 heterocycles. The van der Waals surface area contributed by atoms with E-state index in [1.165, 1.54) is 5.01 Å². The minimum atomic E-state index is -0.548. The Morgan fingerprint density at radius 2 is 2.00 bits per heavy atom. The number of hydrogen-bond donors (Lipinski definition) is 1. The Morgan fingerprint density at radius 3 is 2.47 bits per heavy atom. The van der Waals surface area contributed by atoms with E-state index in [1.54, 1.807) is 0 Å². The zero-order valence-electron chi connectivity index (χ0n) is 9.44. The standard InChI is InChI=1S/C9H18ClN5/c1-4-7-12-9(14(5-2)6-3)13-8(10)15(7)11/h8H,4-6,11H2,1-3H3. The average molecular weight is 232 g/mol. The molecule has 0 saturated carbocycles. The van der Waals surface area contributed by atoms with Crippen LogP contribution in [0.3, 0.4) is 0 Å². The van der Waals surface area contributed by atoms with Crippen LogP contribution in [0.1, 0.15) is 27.2 Å². The number of nitrogens with two attached hydrogens (primary N) is 1. The number of nitrogens with zero attached hydrogens (tertiary/aromatic N) is 4. The van der Waals surface area contributed by atoms with Gasteiger partial charge < -0.3 is 4.90 Å². The highest BCUT2D eigenvalue weighted by Gasteiger charge is 2.22. The van der Waals surface area contributed by atoms with E-state index >= 15 is 0 Å². The summed E-state index contributed by atoms with van der Waals surface area (Å²) < 4.78 is 0. The predicted octanol–water partition coefficient (Wildman–Crippen LogP) is 1.20. The molecule has 0 aromatic carbocycles. The van der Waals surface area contributed by atoms with Gasteiger partial charge in [0.1, 0.15) is 5.84 Å². The van der Waals surface area contributed by atoms with Crippen molar-refractivity contribution in [1.29, 1.82) is 0 Å². The molecule has 1 rings (SSSR count). The van der Waals surface area contributed by atoms with Crippen LogP contribution >= 0.6 is 11.6 Å². The zero-order valence-corrected chi connectivity index (χ0v) is 10.2. The van der Waals surface area contributed by atoms with Crippen molar-refractivity contribution in [1.82, 2.24) is 9.91 Å². The van der Waals surface area contributed by atoms with E-state index in [2.05, 4.69) is 28.7 Å². The molecule has 0 aromatic heterocycles. The number of hydrogen-bond acceptors (Lipinski definition) is 5. The molecule has 2 N–H and O–H groups in total. The third-order valence-electron chi connectivity index (χ3n) is 2.34. The van der Waals surface area contributed by atoms with Crippen molar-refractivity contribution >= 4 is 23.4 Å². The Bertz CT molecular complexity index is 272. The van der Waals surface area contributed by atoms with Gasteiger partial charge in [-0.2, -0.15) is 4.99 Å². The van der Waals surface area contributed by atoms with Gasteiger partial charge >= 0.3 is 0 Å². The van der Waals surface area contributed by atoms with Crippen LogP contribution in [0, 0.1) is 0 Å². The van der Waals surface area contributed by atoms with Crippen LogP contribution in [0.25, 0.3) is 0 Å². The number of alkyl halides is 1. The Balaban J connectivity index is 2.90. The molecule has 1 aliphatic heterocycles. The summed E-state index contributed by atoms with van der Waals surface area (Å²) in [5.41, 5.74) is -0.548. The van der Waals surface area contributed by atoms with Crippen molar-refractivity contribution in [3.8, 4) is 0 Å². The second-order valence-electron chi connectivity index (χ2n) is 3.20. The van der Waals surface area contributed by atoms with Gasteiger partial charge in [0.15, 0.2) is 0 Å². The highest BCUT2D eigenvalue weighted by molar-refractivity contribution is 6.22. The van der Waals surface area contributed by atoms with Crippen molar-refractivity contribution < 1.29 is 0 Å². The van der Waals surface area contributed by atoms with Gasteiger partial charge in [-0.1, -0.05) is 18.5 Å². The van der Waals surface area contributed by atoms with Gasteiger partial charge in [-0.15, -0.1) is 0 Å². The minimum Gasteiger partial charge on any atom is -0.342 e. The molecule has 1 unspecified atom stereocenters. The number of hydrazine groups is 1. The fraction of sp³-hybridized carbons (Fsp3) is 0.778. The van der Waals surface area contributed by atoms with Crippen LogP contribution in [0.4, 0.5) is 0 Å². The summed E-state index contributed by atoms with van der Waals surface area (Å²) in [5.74, 6) is 7.17. The number of rotatable bonds is 3. The molecule has 0 radical (unpaired) electrons. The second kappa shape index (κ2) is 5.32. The molecule has 1 aliphatic rings. The largest absolute Gasteiger partial charge is 0.342 e. The van der Waals surface area contributed by atoms with Gasteiger partial charge in [-0.05, 0) is 13.8 Å². The number of guanidine groups is 1. The molecule has 5 nitrogen and oxygen atoms in total. The highest BCUT2D eigenvalue weighted by Crippen LogP contribution is 2.12. The molecule has 0 aromatic rings. The van der Waals surface area contributed by atoms with Crippen LogP contribution in [0.15, 0.2) is 9.98 Å². The second-order valence-corrected chi connectivity index (χ2v) is 3.59. The predicted molar refractivity (Wildman–Crippen MR) is 63.7 cm³/mol. The van der Waals surface area contributed by atoms with E-state index in [9.17, 15) is 0 Å². The van der Waals surface area contributed by atoms with Gasteiger partial charge in [0.05, 0.1) is 0 Å². The molecular formula is C9H18ClN5. The highest BCUT2D eigenvalue weighted by atomic mass is 35.5. The zero-order chi connectivity index (χ0) is 11.4. The molecule has 6 heteroatoms. The third kappa shape index (κ3) is 2.60. The maximum atomic E-state index is 6.00. The van der Waals surface area contributed by atoms with Crippen molar-refractivity contribution in [2.45, 2.75) is 32.8 Å². The summed E-state index contributed by atoms with van der Waals surface area (Å²) in [5, 5.41) is 1.40. The van der Waals surface area contributed by atoms with Gasteiger partial charge in [0.25, 0.3) is 0 Å². The first-order valence-corrected chi connectivity index (χ1v) is 5.65. The van der Waals surface area contributed by atoms with E-state index in [0.717, 1.165) is 25.3 Å². The lowest BCUT2D eigenvalue weighted by molar-refractivity contribution is 0.382. The molecule has 1 atom stereocenters. The van der Waals surface area contributed by atoms with E-state index in [1.807, 2.05) is 6.92 Å². The quantitative estimate of drug-likeness (QED) is 0.451. The van der Waals surface area contributed by atoms with Crippen LogP contribution < -0.4 is 5.84 Å². The number of aliphatic imine (C=N–C) groups is 2. The first-order valence-electron chi connectivity index (χ1n) is 5.22. The summed E-state index contributed by atoms with van der Waals surface area (Å²) in [7, 11) is 0. The maximum Gasteiger partial charge on any atom is 0.225 e. The smallest absolute Gasteiger partial charge is 0.225 e. The number of amidine groups is 1. The first-order chi connectivity index (χ1) is 7.13. The summed E-state index contributed by atoms with van der Waals surface area (Å²) >= 11 is 6.00. The number of halogens is 1. The Morgan fingerprint density at radius 1 is 1.40 bits per heavy atom. The summed E-state index contributed by atoms with van der Waals surface area (Å²) in [6.45, 7) is 7.85. The molecule has 0 saturated heterocycles. The monoisotopic (exact) mass is 231 g/mol. The molecule has 0 bridgehead atoms. The van der Waals surface area contributed by atoms with Gasteiger partial charge in [-0.25, -0.2) is 10.8 Å². The lowest BCUT2D eigenvalue weighted by Gasteiger charge is -2.30. The molecule has 15 heavy (non-hydrogen) atoms. The van der Waals surface area contributed by atoms with E-state index in [0.29, 0.717) is 5.96 Å². The van der Waals surface area contributed by atoms with E-state index in [4.69, 9.17) is 17.4 Å². The van der Waals surface area contributed by atoms with Crippen molar-refractivity contribution in [3.05, 3.63) is 0 Å². The fourth-order valence-electron chi connectivity index (χ4n) is 1.40. The van der Waals surface area contributed by atoms with E-state index < -0.39 is 5.62 Å². The lowest BCUT2D eigenvalue weighted by Crippen LogP contribution is -2.47. The van der Waals surface area contributed by atoms with Crippen molar-refractivity contribution in [3.63, 3.8) is 0 Å². The normalized spacial score (nSPS) is 21.1. The molecule has 0 aliphatic carbocycles. The van der Waals surface area contributed by atoms with Crippen LogP contribution in [-0.2, 0) is 0 Å². The maximum absolute atomic E-state index is 6.00. The minimum absolute atomic E-state index is 0.548. The SMILES string of the molecule is CCC1=NC(N(CC)CC)=NC(Cl)N1N. The van der Waals surface area contributed by atoms with Gasteiger partial charge in [0.2, 0.25) is 11.6 Å². The Hall–Kier alpha value is -0.810. The summed E-state index contributed by atoms with van der Waals surface area (Å²) in [4.78, 5) is 10.7. The lowest BCUT2D eigenvalue weighted by atomic mass is 10.4. The molecular weight excluding hydrogens is 214 g/mol. The van der Waals surface area contributed by atoms with Crippen molar-refractivity contribution in [2.24, 2.45) is 15.8 Å². The first kappa shape index (κ1) is 12.3. The summed E-state index contributed by atoms with van der Waals surface area (Å²) in [6.07, 6.45) is 0.750. The summed E-state index contributed by atoms with van der Waals surface area (Å²) in [6, 6.07) is 0. The van der Waals surface area contributed by atoms with Gasteiger partial charge in [0, 0.05) is 19.5 Å². The fourth-order valence-corrected chi connectivity index (χ4v) is 1.60. The Kier molecular flexibility index (Phi) is 4.35. The average Bonchev–Trinajstić information content (AvgIpc) is 2.24. The topological polar surface area (TPSA) is 57.2 Å². The molecule has 0 spiro atoms. The van der Waals surface area contributed by atoms with Gasteiger partial charge in [-0.3, -0.25) is 5.01 Å². The molecule has 0 fully saturated rings. The molecule has 86 valence electrons. The Labute approximate surface area is 95.6 Å². The van der Waals surface area contributed by atoms with Crippen LogP contribution in [0.5, 0.6) is 0 Å². The van der Waals surface area contributed by atoms with E-state index in [-0.39, 0.29) is 0 Å². The van der Waals surface area contributed by atoms with Crippen LogP contribution in [0.2, 0.25) is 0 Å². The molecule has 0 amide bonds. The van der Waals surface area contributed by atoms with Crippen LogP contribution in [-0.4, -0.2) is 40.4 Å². The third-order valence-corrected chi connectivity index (χ3v) is 2.65. The van der Waals surface area contributed by atoms with Crippen molar-refractivity contribution in [2.75, 3.05) is 13.1 Å².